The zero-order chi connectivity index (χ0) is 16.4. The molecule has 3 rings (SSSR count). The monoisotopic (exact) mass is 332 g/mol. The van der Waals surface area contributed by atoms with Crippen LogP contribution in [0.25, 0.3) is 0 Å². The van der Waals surface area contributed by atoms with Crippen LogP contribution < -0.4 is 0 Å². The van der Waals surface area contributed by atoms with Gasteiger partial charge in [-0.1, -0.05) is 12.1 Å². The van der Waals surface area contributed by atoms with Crippen LogP contribution in [0.3, 0.4) is 0 Å². The number of rotatable bonds is 3. The van der Waals surface area contributed by atoms with Gasteiger partial charge in [0.1, 0.15) is 0 Å². The number of likely N-dealkylation sites (tertiary alicyclic amines) is 2. The highest BCUT2D eigenvalue weighted by atomic mass is 32.2. The highest BCUT2D eigenvalue weighted by Crippen LogP contribution is 2.40. The maximum Gasteiger partial charge on any atom is 0.226 e. The summed E-state index contributed by atoms with van der Waals surface area (Å²) in [6.07, 6.45) is 5.06. The van der Waals surface area contributed by atoms with Gasteiger partial charge in [0.15, 0.2) is 0 Å². The van der Waals surface area contributed by atoms with Crippen molar-refractivity contribution in [3.05, 3.63) is 29.8 Å². The van der Waals surface area contributed by atoms with Crippen molar-refractivity contribution in [1.82, 2.24) is 9.80 Å². The van der Waals surface area contributed by atoms with E-state index in [0.29, 0.717) is 12.8 Å². The third-order valence-electron chi connectivity index (χ3n) is 5.19. The molecule has 2 saturated heterocycles. The first-order valence-electron chi connectivity index (χ1n) is 8.16. The van der Waals surface area contributed by atoms with Crippen LogP contribution in [0.5, 0.6) is 0 Å². The highest BCUT2D eigenvalue weighted by Gasteiger charge is 2.44. The molecule has 2 aliphatic rings. The summed E-state index contributed by atoms with van der Waals surface area (Å²) in [4.78, 5) is 29.4. The molecule has 1 aromatic rings. The molecule has 2 aliphatic heterocycles. The number of hydrogen-bond donors (Lipinski definition) is 0. The molecule has 2 heterocycles. The van der Waals surface area contributed by atoms with Gasteiger partial charge < -0.3 is 9.80 Å². The fraction of sp³-hybridized carbons (Fsp3) is 0.556. The number of thioether (sulfide) groups is 1. The molecule has 0 unspecified atom stereocenters. The minimum atomic E-state index is 0.112. The summed E-state index contributed by atoms with van der Waals surface area (Å²) in [7, 11) is 1.88. The van der Waals surface area contributed by atoms with Gasteiger partial charge in [-0.2, -0.15) is 0 Å². The third kappa shape index (κ3) is 3.55. The molecule has 5 heteroatoms. The van der Waals surface area contributed by atoms with Crippen LogP contribution in [0.15, 0.2) is 29.2 Å². The number of piperidine rings is 1. The molecular formula is C18H24N2O2S. The summed E-state index contributed by atoms with van der Waals surface area (Å²) >= 11 is 1.70. The van der Waals surface area contributed by atoms with Gasteiger partial charge in [0.25, 0.3) is 0 Å². The van der Waals surface area contributed by atoms with Crippen LogP contribution in [0, 0.1) is 5.41 Å². The number of nitrogens with zero attached hydrogens (tertiary/aromatic N) is 2. The lowest BCUT2D eigenvalue weighted by atomic mass is 9.77. The van der Waals surface area contributed by atoms with Crippen molar-refractivity contribution in [3.8, 4) is 0 Å². The molecule has 2 fully saturated rings. The van der Waals surface area contributed by atoms with Gasteiger partial charge in [-0.25, -0.2) is 0 Å². The number of carbonyl (C=O) groups excluding carboxylic acids is 2. The first-order chi connectivity index (χ1) is 11.0. The van der Waals surface area contributed by atoms with Crippen LogP contribution in [-0.2, 0) is 16.0 Å². The summed E-state index contributed by atoms with van der Waals surface area (Å²) in [5, 5.41) is 0. The van der Waals surface area contributed by atoms with Crippen molar-refractivity contribution in [3.63, 3.8) is 0 Å². The number of hydrogen-bond acceptors (Lipinski definition) is 3. The topological polar surface area (TPSA) is 40.6 Å². The summed E-state index contributed by atoms with van der Waals surface area (Å²) in [5.74, 6) is 0.453. The number of carbonyl (C=O) groups is 2. The van der Waals surface area contributed by atoms with Gasteiger partial charge in [-0.15, -0.1) is 11.8 Å². The van der Waals surface area contributed by atoms with E-state index in [-0.39, 0.29) is 17.2 Å². The van der Waals surface area contributed by atoms with Crippen LogP contribution >= 0.6 is 11.8 Å². The average Bonchev–Trinajstić information content (AvgIpc) is 2.82. The second kappa shape index (κ2) is 6.56. The SMILES string of the molecule is CSc1cccc(CC(=O)N2CCC3(CC2)CC(=O)N(C)C3)c1. The molecule has 0 aliphatic carbocycles. The predicted octanol–water partition coefficient (Wildman–Crippen LogP) is 2.42. The molecule has 0 N–H and O–H groups in total. The molecule has 0 aromatic heterocycles. The lowest BCUT2D eigenvalue weighted by molar-refractivity contribution is -0.132. The quantitative estimate of drug-likeness (QED) is 0.798. The first-order valence-corrected chi connectivity index (χ1v) is 9.38. The summed E-state index contributed by atoms with van der Waals surface area (Å²) in [6, 6.07) is 8.20. The average molecular weight is 332 g/mol. The lowest BCUT2D eigenvalue weighted by Crippen LogP contribution is -2.44. The summed E-state index contributed by atoms with van der Waals surface area (Å²) in [5.41, 5.74) is 1.19. The van der Waals surface area contributed by atoms with Crippen molar-refractivity contribution in [2.75, 3.05) is 32.9 Å². The van der Waals surface area contributed by atoms with Gasteiger partial charge in [0.2, 0.25) is 11.8 Å². The zero-order valence-corrected chi connectivity index (χ0v) is 14.7. The Labute approximate surface area is 142 Å². The Kier molecular flexibility index (Phi) is 4.67. The maximum atomic E-state index is 12.5. The Hall–Kier alpha value is -1.49. The van der Waals surface area contributed by atoms with Crippen molar-refractivity contribution in [2.45, 2.75) is 30.6 Å². The Morgan fingerprint density at radius 1 is 1.30 bits per heavy atom. The van der Waals surface area contributed by atoms with Gasteiger partial charge in [0.05, 0.1) is 6.42 Å². The van der Waals surface area contributed by atoms with E-state index in [1.54, 1.807) is 11.8 Å². The molecule has 1 aromatic carbocycles. The van der Waals surface area contributed by atoms with E-state index < -0.39 is 0 Å². The normalized spacial score (nSPS) is 20.3. The molecule has 124 valence electrons. The smallest absolute Gasteiger partial charge is 0.226 e. The summed E-state index contributed by atoms with van der Waals surface area (Å²) in [6.45, 7) is 2.41. The predicted molar refractivity (Wildman–Crippen MR) is 92.4 cm³/mol. The molecule has 23 heavy (non-hydrogen) atoms. The minimum Gasteiger partial charge on any atom is -0.345 e. The van der Waals surface area contributed by atoms with E-state index in [1.807, 2.05) is 35.2 Å². The molecule has 0 radical (unpaired) electrons. The Balaban J connectivity index is 1.57. The van der Waals surface area contributed by atoms with E-state index in [4.69, 9.17) is 0 Å². The van der Waals surface area contributed by atoms with Gasteiger partial charge in [0, 0.05) is 43.4 Å². The van der Waals surface area contributed by atoms with Crippen molar-refractivity contribution < 1.29 is 9.59 Å². The Morgan fingerprint density at radius 2 is 2.04 bits per heavy atom. The van der Waals surface area contributed by atoms with Crippen LogP contribution in [-0.4, -0.2) is 54.6 Å². The highest BCUT2D eigenvalue weighted by molar-refractivity contribution is 7.98. The second-order valence-electron chi connectivity index (χ2n) is 6.84. The van der Waals surface area contributed by atoms with Crippen LogP contribution in [0.2, 0.25) is 0 Å². The van der Waals surface area contributed by atoms with E-state index in [1.165, 1.54) is 4.90 Å². The molecule has 0 bridgehead atoms. The molecular weight excluding hydrogens is 308 g/mol. The Morgan fingerprint density at radius 3 is 2.65 bits per heavy atom. The summed E-state index contributed by atoms with van der Waals surface area (Å²) < 4.78 is 0. The second-order valence-corrected chi connectivity index (χ2v) is 7.72. The molecule has 2 amide bonds. The first kappa shape index (κ1) is 16.4. The standard InChI is InChI=1S/C18H24N2O2S/c1-19-13-18(12-17(19)22)6-8-20(9-7-18)16(21)11-14-4-3-5-15(10-14)23-2/h3-5,10H,6-9,11-13H2,1-2H3. The largest absolute Gasteiger partial charge is 0.345 e. The molecule has 0 saturated carbocycles. The maximum absolute atomic E-state index is 12.5. The van der Waals surface area contributed by atoms with Gasteiger partial charge in [-0.3, -0.25) is 9.59 Å². The van der Waals surface area contributed by atoms with Crippen LogP contribution in [0.1, 0.15) is 24.8 Å². The van der Waals surface area contributed by atoms with E-state index >= 15 is 0 Å². The number of benzene rings is 1. The van der Waals surface area contributed by atoms with Gasteiger partial charge in [-0.05, 0) is 36.8 Å². The third-order valence-corrected chi connectivity index (χ3v) is 5.92. The van der Waals surface area contributed by atoms with E-state index in [0.717, 1.165) is 38.0 Å². The van der Waals surface area contributed by atoms with Crippen molar-refractivity contribution in [1.29, 1.82) is 0 Å². The van der Waals surface area contributed by atoms with Crippen molar-refractivity contribution >= 4 is 23.6 Å². The van der Waals surface area contributed by atoms with Crippen molar-refractivity contribution in [2.24, 2.45) is 5.41 Å². The molecule has 1 spiro atoms. The zero-order valence-electron chi connectivity index (χ0n) is 13.9. The minimum absolute atomic E-state index is 0.112. The fourth-order valence-corrected chi connectivity index (χ4v) is 4.22. The van der Waals surface area contributed by atoms with Crippen LogP contribution in [0.4, 0.5) is 0 Å². The molecule has 4 nitrogen and oxygen atoms in total. The Bertz CT molecular complexity index is 609. The fourth-order valence-electron chi connectivity index (χ4n) is 3.74. The lowest BCUT2D eigenvalue weighted by Gasteiger charge is -2.38. The van der Waals surface area contributed by atoms with Gasteiger partial charge >= 0.3 is 0 Å². The molecule has 0 atom stereocenters. The van der Waals surface area contributed by atoms with E-state index in [9.17, 15) is 9.59 Å². The van der Waals surface area contributed by atoms with E-state index in [2.05, 4.69) is 12.1 Å². The number of amides is 2.